The number of unbranched alkanes of at least 4 members (excludes halogenated alkanes) is 1. The van der Waals surface area contributed by atoms with Crippen molar-refractivity contribution in [2.45, 2.75) is 26.2 Å². The van der Waals surface area contributed by atoms with E-state index in [2.05, 4.69) is 38.8 Å². The smallest absolute Gasteiger partial charge is 0.304 e. The highest BCUT2D eigenvalue weighted by Crippen LogP contribution is 1.80. The molecule has 150 valence electrons. The van der Waals surface area contributed by atoms with E-state index in [1.807, 2.05) is 0 Å². The van der Waals surface area contributed by atoms with E-state index in [1.54, 1.807) is 0 Å². The predicted octanol–water partition coefficient (Wildman–Crippen LogP) is -1.20. The van der Waals surface area contributed by atoms with Gasteiger partial charge in [0.05, 0.1) is 6.42 Å². The molecule has 0 unspecified atom stereocenters. The fourth-order valence-electron chi connectivity index (χ4n) is 2.13. The molecule has 0 bridgehead atoms. The van der Waals surface area contributed by atoms with Crippen LogP contribution in [0, 0.1) is 0 Å². The van der Waals surface area contributed by atoms with Crippen LogP contribution >= 0.6 is 0 Å². The molecule has 7 N–H and O–H groups in total. The van der Waals surface area contributed by atoms with Gasteiger partial charge in [0.2, 0.25) is 0 Å². The van der Waals surface area contributed by atoms with Gasteiger partial charge in [0.25, 0.3) is 0 Å². The van der Waals surface area contributed by atoms with Gasteiger partial charge in [-0.15, -0.1) is 0 Å². The summed E-state index contributed by atoms with van der Waals surface area (Å²) in [5.41, 5.74) is 0. The van der Waals surface area contributed by atoms with Crippen LogP contribution < -0.4 is 31.9 Å². The number of rotatable bonds is 21. The maximum atomic E-state index is 10.3. The van der Waals surface area contributed by atoms with E-state index in [0.29, 0.717) is 6.54 Å². The van der Waals surface area contributed by atoms with Crippen LogP contribution in [0.2, 0.25) is 0 Å². The molecule has 0 radical (unpaired) electrons. The molecule has 8 heteroatoms. The molecule has 0 fully saturated rings. The van der Waals surface area contributed by atoms with Gasteiger partial charge in [-0.25, -0.2) is 0 Å². The molecule has 0 aromatic heterocycles. The second kappa shape index (κ2) is 21.3. The van der Waals surface area contributed by atoms with Gasteiger partial charge >= 0.3 is 5.97 Å². The lowest BCUT2D eigenvalue weighted by molar-refractivity contribution is -0.136. The number of carboxylic acids is 1. The minimum atomic E-state index is -0.756. The summed E-state index contributed by atoms with van der Waals surface area (Å²) in [6.45, 7) is 13.4. The summed E-state index contributed by atoms with van der Waals surface area (Å²) in [4.78, 5) is 10.3. The molecular weight excluding hydrogens is 320 g/mol. The van der Waals surface area contributed by atoms with Crippen molar-refractivity contribution in [3.05, 3.63) is 0 Å². The summed E-state index contributed by atoms with van der Waals surface area (Å²) >= 11 is 0. The van der Waals surface area contributed by atoms with Crippen molar-refractivity contribution in [3.63, 3.8) is 0 Å². The first kappa shape index (κ1) is 24.2. The Morgan fingerprint density at radius 2 is 0.920 bits per heavy atom. The van der Waals surface area contributed by atoms with Crippen molar-refractivity contribution < 1.29 is 9.90 Å². The first-order chi connectivity index (χ1) is 12.3. The highest BCUT2D eigenvalue weighted by atomic mass is 16.4. The molecule has 0 aliphatic rings. The number of hydrogen-bond acceptors (Lipinski definition) is 7. The van der Waals surface area contributed by atoms with Gasteiger partial charge in [0.15, 0.2) is 0 Å². The third-order valence-electron chi connectivity index (χ3n) is 3.62. The second-order valence-electron chi connectivity index (χ2n) is 6.00. The van der Waals surface area contributed by atoms with E-state index in [4.69, 9.17) is 5.11 Å². The van der Waals surface area contributed by atoms with Gasteiger partial charge in [-0.3, -0.25) is 4.79 Å². The van der Waals surface area contributed by atoms with E-state index in [1.165, 1.54) is 12.8 Å². The van der Waals surface area contributed by atoms with Crippen LogP contribution in [-0.4, -0.2) is 89.6 Å². The zero-order chi connectivity index (χ0) is 18.4. The molecule has 0 aliphatic carbocycles. The van der Waals surface area contributed by atoms with Crippen molar-refractivity contribution in [2.75, 3.05) is 78.5 Å². The fraction of sp³-hybridized carbons (Fsp3) is 0.941. The number of aliphatic carboxylic acids is 1. The Kier molecular flexibility index (Phi) is 20.6. The lowest BCUT2D eigenvalue weighted by atomic mass is 10.3. The Morgan fingerprint density at radius 1 is 0.600 bits per heavy atom. The van der Waals surface area contributed by atoms with Gasteiger partial charge < -0.3 is 37.0 Å². The van der Waals surface area contributed by atoms with Gasteiger partial charge in [-0.2, -0.15) is 0 Å². The van der Waals surface area contributed by atoms with Crippen molar-refractivity contribution in [1.82, 2.24) is 31.9 Å². The standard InChI is InChI=1S/C17H40N6O2/c1-2-3-5-18-7-9-20-11-13-22-15-16-23-14-12-21-10-8-19-6-4-17(24)25/h18-23H,2-16H2,1H3,(H,24,25). The topological polar surface area (TPSA) is 109 Å². The molecular formula is C17H40N6O2. The molecule has 0 aromatic rings. The van der Waals surface area contributed by atoms with Crippen molar-refractivity contribution >= 4 is 5.97 Å². The average Bonchev–Trinajstić information content (AvgIpc) is 2.60. The maximum Gasteiger partial charge on any atom is 0.304 e. The van der Waals surface area contributed by atoms with Crippen LogP contribution in [0.5, 0.6) is 0 Å². The minimum absolute atomic E-state index is 0.180. The minimum Gasteiger partial charge on any atom is -0.481 e. The largest absolute Gasteiger partial charge is 0.481 e. The first-order valence-electron chi connectivity index (χ1n) is 9.73. The van der Waals surface area contributed by atoms with Crippen LogP contribution in [0.4, 0.5) is 0 Å². The number of nitrogens with one attached hydrogen (secondary N) is 6. The number of carbonyl (C=O) groups is 1. The SMILES string of the molecule is CCCCNCCNCCNCCNCCNCCNCCC(=O)O. The molecule has 8 nitrogen and oxygen atoms in total. The lowest BCUT2D eigenvalue weighted by Gasteiger charge is -2.09. The third-order valence-corrected chi connectivity index (χ3v) is 3.62. The molecule has 0 saturated carbocycles. The van der Waals surface area contributed by atoms with Gasteiger partial charge in [-0.05, 0) is 13.0 Å². The summed E-state index contributed by atoms with van der Waals surface area (Å²) in [6.07, 6.45) is 2.69. The highest BCUT2D eigenvalue weighted by Gasteiger charge is 1.95. The number of carboxylic acid groups (broad SMARTS) is 1. The van der Waals surface area contributed by atoms with Crippen LogP contribution in [0.3, 0.4) is 0 Å². The molecule has 0 saturated heterocycles. The molecule has 25 heavy (non-hydrogen) atoms. The Balaban J connectivity index is 2.97. The van der Waals surface area contributed by atoms with Crippen molar-refractivity contribution in [3.8, 4) is 0 Å². The summed E-state index contributed by atoms with van der Waals surface area (Å²) in [5.74, 6) is -0.756. The van der Waals surface area contributed by atoms with E-state index in [9.17, 15) is 4.79 Å². The van der Waals surface area contributed by atoms with Crippen LogP contribution in [0.15, 0.2) is 0 Å². The molecule has 0 aromatic carbocycles. The van der Waals surface area contributed by atoms with E-state index in [-0.39, 0.29) is 6.42 Å². The molecule has 0 atom stereocenters. The quantitative estimate of drug-likeness (QED) is 0.128. The summed E-state index contributed by atoms with van der Waals surface area (Å²) in [5, 5.41) is 28.5. The Hall–Kier alpha value is -0.770. The zero-order valence-corrected chi connectivity index (χ0v) is 16.0. The normalized spacial score (nSPS) is 11.1. The first-order valence-corrected chi connectivity index (χ1v) is 9.73. The Labute approximate surface area is 153 Å². The Bertz CT molecular complexity index is 282. The van der Waals surface area contributed by atoms with Gasteiger partial charge in [0.1, 0.15) is 0 Å². The molecule has 0 spiro atoms. The summed E-state index contributed by atoms with van der Waals surface area (Å²) in [6, 6.07) is 0. The van der Waals surface area contributed by atoms with E-state index in [0.717, 1.165) is 72.0 Å². The van der Waals surface area contributed by atoms with Crippen molar-refractivity contribution in [2.24, 2.45) is 0 Å². The van der Waals surface area contributed by atoms with Gasteiger partial charge in [-0.1, -0.05) is 13.3 Å². The number of hydrogen-bond donors (Lipinski definition) is 7. The molecule has 0 aliphatic heterocycles. The van der Waals surface area contributed by atoms with E-state index >= 15 is 0 Å². The van der Waals surface area contributed by atoms with Crippen LogP contribution in [0.25, 0.3) is 0 Å². The van der Waals surface area contributed by atoms with Crippen LogP contribution in [-0.2, 0) is 4.79 Å². The summed E-state index contributed by atoms with van der Waals surface area (Å²) < 4.78 is 0. The second-order valence-corrected chi connectivity index (χ2v) is 6.00. The van der Waals surface area contributed by atoms with Crippen LogP contribution in [0.1, 0.15) is 26.2 Å². The zero-order valence-electron chi connectivity index (χ0n) is 16.0. The summed E-state index contributed by atoms with van der Waals surface area (Å²) in [7, 11) is 0. The van der Waals surface area contributed by atoms with E-state index < -0.39 is 5.97 Å². The highest BCUT2D eigenvalue weighted by molar-refractivity contribution is 5.66. The predicted molar refractivity (Wildman–Crippen MR) is 104 cm³/mol. The molecule has 0 heterocycles. The maximum absolute atomic E-state index is 10.3. The van der Waals surface area contributed by atoms with Crippen molar-refractivity contribution in [1.29, 1.82) is 0 Å². The fourth-order valence-corrected chi connectivity index (χ4v) is 2.13. The third kappa shape index (κ3) is 23.2. The van der Waals surface area contributed by atoms with Gasteiger partial charge in [0, 0.05) is 72.0 Å². The average molecular weight is 361 g/mol. The Morgan fingerprint density at radius 3 is 1.24 bits per heavy atom. The lowest BCUT2D eigenvalue weighted by Crippen LogP contribution is -2.37. The molecule has 0 rings (SSSR count). The molecule has 0 amide bonds. The monoisotopic (exact) mass is 360 g/mol.